The molecule has 1 aliphatic rings. The van der Waals surface area contributed by atoms with Gasteiger partial charge in [0.25, 0.3) is 5.91 Å². The fourth-order valence-electron chi connectivity index (χ4n) is 2.96. The van der Waals surface area contributed by atoms with E-state index in [4.69, 9.17) is 0 Å². The van der Waals surface area contributed by atoms with Gasteiger partial charge in [-0.1, -0.05) is 11.3 Å². The molecular weight excluding hydrogens is 375 g/mol. The summed E-state index contributed by atoms with van der Waals surface area (Å²) in [6.07, 6.45) is 1.86. The second-order valence-electron chi connectivity index (χ2n) is 6.19. The largest absolute Gasteiger partial charge is 0.342 e. The summed E-state index contributed by atoms with van der Waals surface area (Å²) in [4.78, 5) is 24.2. The zero-order valence-corrected chi connectivity index (χ0v) is 15.7. The zero-order valence-electron chi connectivity index (χ0n) is 14.9. The summed E-state index contributed by atoms with van der Waals surface area (Å²) in [5.74, 6) is -1.36. The second kappa shape index (κ2) is 9.43. The molecule has 0 bridgehead atoms. The summed E-state index contributed by atoms with van der Waals surface area (Å²) in [5.41, 5.74) is 1.22. The minimum Gasteiger partial charge on any atom is -0.342 e. The van der Waals surface area contributed by atoms with Gasteiger partial charge in [-0.05, 0) is 51.1 Å². The molecule has 1 aromatic heterocycles. The fraction of sp³-hybridized carbons (Fsp3) is 0.412. The van der Waals surface area contributed by atoms with Crippen molar-refractivity contribution in [1.29, 1.82) is 0 Å². The third kappa shape index (κ3) is 5.24. The summed E-state index contributed by atoms with van der Waals surface area (Å²) < 4.78 is 14.9. The Balaban J connectivity index is 0.00000261. The van der Waals surface area contributed by atoms with E-state index >= 15 is 0 Å². The van der Waals surface area contributed by atoms with Gasteiger partial charge >= 0.3 is 0 Å². The Morgan fingerprint density at radius 1 is 1.33 bits per heavy atom. The van der Waals surface area contributed by atoms with Crippen LogP contribution in [-0.4, -0.2) is 46.4 Å². The Morgan fingerprint density at radius 2 is 2.07 bits per heavy atom. The number of nitrogens with zero attached hydrogens (tertiary/aromatic N) is 3. The fourth-order valence-corrected chi connectivity index (χ4v) is 2.96. The molecule has 3 N–H and O–H groups in total. The summed E-state index contributed by atoms with van der Waals surface area (Å²) >= 11 is 0. The molecule has 0 saturated carbocycles. The van der Waals surface area contributed by atoms with E-state index in [0.717, 1.165) is 25.9 Å². The third-order valence-corrected chi connectivity index (χ3v) is 4.31. The molecule has 0 spiro atoms. The number of amides is 2. The molecule has 27 heavy (non-hydrogen) atoms. The summed E-state index contributed by atoms with van der Waals surface area (Å²) in [7, 11) is 0. The number of rotatable bonds is 5. The first-order valence-corrected chi connectivity index (χ1v) is 8.50. The van der Waals surface area contributed by atoms with Crippen molar-refractivity contribution in [3.05, 3.63) is 41.5 Å². The SMILES string of the molecule is Cc1c(C(=O)NCC(=O)Nc2cccc(F)c2)nnn1C1CCNCC1.Cl. The van der Waals surface area contributed by atoms with Gasteiger partial charge in [-0.25, -0.2) is 9.07 Å². The van der Waals surface area contributed by atoms with Crippen LogP contribution >= 0.6 is 12.4 Å². The van der Waals surface area contributed by atoms with Crippen LogP contribution in [0.3, 0.4) is 0 Å². The molecule has 2 aromatic rings. The van der Waals surface area contributed by atoms with Gasteiger partial charge in [0.15, 0.2) is 5.69 Å². The number of benzene rings is 1. The van der Waals surface area contributed by atoms with Crippen LogP contribution in [0.15, 0.2) is 24.3 Å². The first kappa shape index (κ1) is 20.8. The Hall–Kier alpha value is -2.52. The maximum absolute atomic E-state index is 13.1. The van der Waals surface area contributed by atoms with Gasteiger partial charge in [-0.15, -0.1) is 17.5 Å². The minimum absolute atomic E-state index is 0. The average Bonchev–Trinajstić information content (AvgIpc) is 3.02. The van der Waals surface area contributed by atoms with Crippen molar-refractivity contribution < 1.29 is 14.0 Å². The smallest absolute Gasteiger partial charge is 0.274 e. The molecule has 0 aliphatic carbocycles. The van der Waals surface area contributed by atoms with Gasteiger partial charge in [-0.2, -0.15) is 0 Å². The summed E-state index contributed by atoms with van der Waals surface area (Å²) in [6.45, 7) is 3.37. The van der Waals surface area contributed by atoms with Gasteiger partial charge in [0.05, 0.1) is 18.3 Å². The van der Waals surface area contributed by atoms with Crippen molar-refractivity contribution in [2.75, 3.05) is 25.0 Å². The maximum Gasteiger partial charge on any atom is 0.274 e. The topological polar surface area (TPSA) is 101 Å². The molecule has 146 valence electrons. The lowest BCUT2D eigenvalue weighted by Crippen LogP contribution is -2.33. The predicted octanol–water partition coefficient (Wildman–Crippen LogP) is 1.44. The van der Waals surface area contributed by atoms with Gasteiger partial charge in [0.1, 0.15) is 5.82 Å². The molecule has 3 rings (SSSR count). The number of hydrogen-bond acceptors (Lipinski definition) is 5. The van der Waals surface area contributed by atoms with Crippen molar-refractivity contribution in [2.45, 2.75) is 25.8 Å². The maximum atomic E-state index is 13.1. The highest BCUT2D eigenvalue weighted by Gasteiger charge is 2.23. The van der Waals surface area contributed by atoms with E-state index in [1.165, 1.54) is 18.2 Å². The lowest BCUT2D eigenvalue weighted by atomic mass is 10.1. The molecule has 1 aliphatic heterocycles. The van der Waals surface area contributed by atoms with Crippen molar-refractivity contribution in [3.8, 4) is 0 Å². The molecule has 10 heteroatoms. The van der Waals surface area contributed by atoms with Crippen molar-refractivity contribution >= 4 is 29.9 Å². The van der Waals surface area contributed by atoms with E-state index in [0.29, 0.717) is 11.4 Å². The predicted molar refractivity (Wildman–Crippen MR) is 101 cm³/mol. The van der Waals surface area contributed by atoms with Crippen LogP contribution in [0, 0.1) is 12.7 Å². The van der Waals surface area contributed by atoms with Crippen molar-refractivity contribution in [3.63, 3.8) is 0 Å². The molecule has 1 fully saturated rings. The van der Waals surface area contributed by atoms with E-state index in [-0.39, 0.29) is 30.7 Å². The molecular formula is C17H22ClFN6O2. The van der Waals surface area contributed by atoms with Crippen LogP contribution in [0.4, 0.5) is 10.1 Å². The van der Waals surface area contributed by atoms with E-state index in [1.54, 1.807) is 17.7 Å². The number of aromatic nitrogens is 3. The van der Waals surface area contributed by atoms with Crippen LogP contribution < -0.4 is 16.0 Å². The van der Waals surface area contributed by atoms with Crippen molar-refractivity contribution in [2.24, 2.45) is 0 Å². The number of nitrogens with one attached hydrogen (secondary N) is 3. The summed E-state index contributed by atoms with van der Waals surface area (Å²) in [5, 5.41) is 16.4. The van der Waals surface area contributed by atoms with Gasteiger partial charge < -0.3 is 16.0 Å². The standard InChI is InChI=1S/C17H21FN6O2.ClH/c1-11-16(22-23-24(11)14-5-7-19-8-6-14)17(26)20-10-15(25)21-13-4-2-3-12(18)9-13;/h2-4,9,14,19H,5-8,10H2,1H3,(H,20,26)(H,21,25);1H. The second-order valence-corrected chi connectivity index (χ2v) is 6.19. The number of halogens is 2. The molecule has 0 unspecified atom stereocenters. The zero-order chi connectivity index (χ0) is 18.5. The molecule has 2 amide bonds. The molecule has 1 saturated heterocycles. The molecule has 0 radical (unpaired) electrons. The quantitative estimate of drug-likeness (QED) is 0.710. The number of piperidine rings is 1. The van der Waals surface area contributed by atoms with Crippen LogP contribution in [0.2, 0.25) is 0 Å². The van der Waals surface area contributed by atoms with Gasteiger partial charge in [0.2, 0.25) is 5.91 Å². The third-order valence-electron chi connectivity index (χ3n) is 4.31. The first-order valence-electron chi connectivity index (χ1n) is 8.50. The highest BCUT2D eigenvalue weighted by molar-refractivity contribution is 5.98. The number of anilines is 1. The van der Waals surface area contributed by atoms with Crippen LogP contribution in [0.5, 0.6) is 0 Å². The van der Waals surface area contributed by atoms with Crippen LogP contribution in [0.25, 0.3) is 0 Å². The highest BCUT2D eigenvalue weighted by Crippen LogP contribution is 2.20. The lowest BCUT2D eigenvalue weighted by Gasteiger charge is -2.23. The van der Waals surface area contributed by atoms with Gasteiger partial charge in [-0.3, -0.25) is 9.59 Å². The Morgan fingerprint density at radius 3 is 2.78 bits per heavy atom. The van der Waals surface area contributed by atoms with E-state index < -0.39 is 17.6 Å². The molecule has 0 atom stereocenters. The number of carbonyl (C=O) groups is 2. The van der Waals surface area contributed by atoms with E-state index in [1.807, 2.05) is 0 Å². The first-order chi connectivity index (χ1) is 12.5. The Kier molecular flexibility index (Phi) is 7.26. The Bertz CT molecular complexity index is 806. The van der Waals surface area contributed by atoms with Crippen molar-refractivity contribution in [1.82, 2.24) is 25.6 Å². The molecule has 2 heterocycles. The lowest BCUT2D eigenvalue weighted by molar-refractivity contribution is -0.115. The number of carbonyl (C=O) groups excluding carboxylic acids is 2. The molecule has 8 nitrogen and oxygen atoms in total. The van der Waals surface area contributed by atoms with Crippen LogP contribution in [0.1, 0.15) is 35.1 Å². The van der Waals surface area contributed by atoms with Gasteiger partial charge in [0, 0.05) is 5.69 Å². The summed E-state index contributed by atoms with van der Waals surface area (Å²) in [6, 6.07) is 5.77. The normalized spacial score (nSPS) is 14.3. The van der Waals surface area contributed by atoms with E-state index in [2.05, 4.69) is 26.3 Å². The highest BCUT2D eigenvalue weighted by atomic mass is 35.5. The Labute approximate surface area is 162 Å². The van der Waals surface area contributed by atoms with Crippen LogP contribution in [-0.2, 0) is 4.79 Å². The average molecular weight is 397 g/mol. The molecule has 1 aromatic carbocycles. The minimum atomic E-state index is -0.461. The monoisotopic (exact) mass is 396 g/mol. The van der Waals surface area contributed by atoms with E-state index in [9.17, 15) is 14.0 Å². The number of hydrogen-bond donors (Lipinski definition) is 3.